The standard InChI is InChI=1S/C40H36F3N7O3/c1-26-8-9-28(21-27(26)11-13-32-23-44-36-7-4-16-45-50(32)36)38(52)46-31-12-10-30(35(22-31)40(41,42)43)25-49-19-17-48(18-20-49)24-29-5-2-3-6-33(29)34-14-15-37(51)47-39(34)53/h2-10,12,16,21-23,34H,14-15,17-20,24-25H2,1H3,(H,46,52)(H,47,51,53). The zero-order valence-electron chi connectivity index (χ0n) is 28.9. The topological polar surface area (TPSA) is 112 Å². The van der Waals surface area contributed by atoms with E-state index in [4.69, 9.17) is 0 Å². The molecule has 0 aliphatic carbocycles. The molecule has 1 atom stereocenters. The van der Waals surface area contributed by atoms with Crippen LogP contribution in [0.15, 0.2) is 85.2 Å². The Morgan fingerprint density at radius 2 is 1.68 bits per heavy atom. The number of nitrogens with zero attached hydrogens (tertiary/aromatic N) is 5. The highest BCUT2D eigenvalue weighted by Crippen LogP contribution is 2.35. The summed E-state index contributed by atoms with van der Waals surface area (Å²) in [5.41, 5.74) is 4.17. The van der Waals surface area contributed by atoms with Crippen LogP contribution in [0.2, 0.25) is 0 Å². The van der Waals surface area contributed by atoms with E-state index >= 15 is 0 Å². The van der Waals surface area contributed by atoms with Crippen LogP contribution in [0.3, 0.4) is 0 Å². The molecule has 0 bridgehead atoms. The van der Waals surface area contributed by atoms with Crippen molar-refractivity contribution in [2.24, 2.45) is 0 Å². The SMILES string of the molecule is Cc1ccc(C(=O)Nc2ccc(CN3CCN(Cc4ccccc4C4CCC(=O)NC4=O)CC3)c(C(F)(F)F)c2)cc1C#Cc1cnc2cccnn12. The Morgan fingerprint density at radius 3 is 2.43 bits per heavy atom. The van der Waals surface area contributed by atoms with Gasteiger partial charge in [-0.05, 0) is 77.9 Å². The number of hydrogen-bond donors (Lipinski definition) is 2. The van der Waals surface area contributed by atoms with E-state index in [2.05, 4.69) is 37.5 Å². The van der Waals surface area contributed by atoms with Crippen LogP contribution in [0, 0.1) is 18.8 Å². The molecule has 3 amide bonds. The van der Waals surface area contributed by atoms with Crippen molar-refractivity contribution in [3.05, 3.63) is 130 Å². The van der Waals surface area contributed by atoms with Crippen molar-refractivity contribution >= 4 is 29.1 Å². The minimum absolute atomic E-state index is 0.0376. The normalized spacial score (nSPS) is 16.9. The number of piperazine rings is 1. The van der Waals surface area contributed by atoms with Gasteiger partial charge in [-0.3, -0.25) is 29.5 Å². The van der Waals surface area contributed by atoms with Crippen LogP contribution in [0.4, 0.5) is 18.9 Å². The van der Waals surface area contributed by atoms with E-state index in [0.717, 1.165) is 22.8 Å². The summed E-state index contributed by atoms with van der Waals surface area (Å²) in [4.78, 5) is 45.9. The first-order valence-electron chi connectivity index (χ1n) is 17.3. The van der Waals surface area contributed by atoms with Crippen LogP contribution in [0.5, 0.6) is 0 Å². The Morgan fingerprint density at radius 1 is 0.925 bits per heavy atom. The molecule has 7 rings (SSSR count). The third-order valence-corrected chi connectivity index (χ3v) is 9.70. The number of anilines is 1. The number of rotatable bonds is 7. The lowest BCUT2D eigenvalue weighted by atomic mass is 9.87. The number of alkyl halides is 3. The molecule has 4 heterocycles. The van der Waals surface area contributed by atoms with Crippen molar-refractivity contribution in [2.75, 3.05) is 31.5 Å². The Bertz CT molecular complexity index is 2270. The van der Waals surface area contributed by atoms with Gasteiger partial charge in [-0.1, -0.05) is 42.3 Å². The third-order valence-electron chi connectivity index (χ3n) is 9.70. The van der Waals surface area contributed by atoms with E-state index in [0.29, 0.717) is 62.5 Å². The largest absolute Gasteiger partial charge is 0.416 e. The summed E-state index contributed by atoms with van der Waals surface area (Å²) in [6.45, 7) is 4.95. The second-order valence-corrected chi connectivity index (χ2v) is 13.3. The summed E-state index contributed by atoms with van der Waals surface area (Å²) in [5.74, 6) is 4.61. The van der Waals surface area contributed by atoms with Crippen LogP contribution < -0.4 is 10.6 Å². The van der Waals surface area contributed by atoms with E-state index in [1.54, 1.807) is 41.2 Å². The van der Waals surface area contributed by atoms with Crippen LogP contribution in [-0.4, -0.2) is 68.3 Å². The van der Waals surface area contributed by atoms with E-state index < -0.39 is 17.6 Å². The molecular formula is C40H36F3N7O3. The molecule has 0 radical (unpaired) electrons. The van der Waals surface area contributed by atoms with Crippen molar-refractivity contribution in [2.45, 2.75) is 44.9 Å². The number of nitrogens with one attached hydrogen (secondary N) is 2. The van der Waals surface area contributed by atoms with Gasteiger partial charge in [0.15, 0.2) is 5.65 Å². The van der Waals surface area contributed by atoms with Gasteiger partial charge < -0.3 is 5.32 Å². The van der Waals surface area contributed by atoms with Crippen molar-refractivity contribution in [3.8, 4) is 11.8 Å². The molecule has 2 aromatic heterocycles. The summed E-state index contributed by atoms with van der Waals surface area (Å²) < 4.78 is 44.7. The average molecular weight is 720 g/mol. The first-order chi connectivity index (χ1) is 25.5. The maximum Gasteiger partial charge on any atom is 0.416 e. The number of amides is 3. The fourth-order valence-electron chi connectivity index (χ4n) is 6.80. The number of piperidine rings is 1. The van der Waals surface area contributed by atoms with Gasteiger partial charge in [-0.2, -0.15) is 18.3 Å². The van der Waals surface area contributed by atoms with Gasteiger partial charge in [0.05, 0.1) is 17.7 Å². The first kappa shape index (κ1) is 35.6. The molecule has 3 aromatic carbocycles. The molecule has 1 unspecified atom stereocenters. The maximum atomic E-state index is 14.4. The number of aromatic nitrogens is 3. The minimum Gasteiger partial charge on any atom is -0.322 e. The molecule has 0 spiro atoms. The van der Waals surface area contributed by atoms with Gasteiger partial charge in [0.1, 0.15) is 5.69 Å². The lowest BCUT2D eigenvalue weighted by Crippen LogP contribution is -2.46. The van der Waals surface area contributed by atoms with Crippen LogP contribution in [-0.2, 0) is 28.9 Å². The second-order valence-electron chi connectivity index (χ2n) is 13.3. The van der Waals surface area contributed by atoms with E-state index in [-0.39, 0.29) is 41.1 Å². The molecule has 270 valence electrons. The van der Waals surface area contributed by atoms with E-state index in [9.17, 15) is 27.6 Å². The summed E-state index contributed by atoms with van der Waals surface area (Å²) >= 11 is 0. The monoisotopic (exact) mass is 719 g/mol. The Balaban J connectivity index is 0.995. The van der Waals surface area contributed by atoms with Crippen LogP contribution in [0.25, 0.3) is 5.65 Å². The van der Waals surface area contributed by atoms with Gasteiger partial charge in [-0.15, -0.1) is 0 Å². The zero-order chi connectivity index (χ0) is 37.1. The number of carbonyl (C=O) groups excluding carboxylic acids is 3. The predicted molar refractivity (Wildman–Crippen MR) is 192 cm³/mol. The number of hydrogen-bond acceptors (Lipinski definition) is 7. The summed E-state index contributed by atoms with van der Waals surface area (Å²) in [5, 5.41) is 9.32. The summed E-state index contributed by atoms with van der Waals surface area (Å²) in [6, 6.07) is 20.2. The number of halogens is 3. The third kappa shape index (κ3) is 8.14. The Hall–Kier alpha value is -5.84. The molecule has 2 saturated heterocycles. The number of fused-ring (bicyclic) bond motifs is 1. The molecule has 2 aliphatic heterocycles. The van der Waals surface area contributed by atoms with Crippen molar-refractivity contribution in [3.63, 3.8) is 0 Å². The Kier molecular flexibility index (Phi) is 10.1. The maximum absolute atomic E-state index is 14.4. The molecule has 10 nitrogen and oxygen atoms in total. The van der Waals surface area contributed by atoms with Gasteiger partial charge >= 0.3 is 6.18 Å². The molecule has 2 N–H and O–H groups in total. The van der Waals surface area contributed by atoms with Crippen molar-refractivity contribution in [1.82, 2.24) is 29.7 Å². The molecule has 2 fully saturated rings. The quantitative estimate of drug-likeness (QED) is 0.168. The highest BCUT2D eigenvalue weighted by molar-refractivity contribution is 6.04. The molecule has 53 heavy (non-hydrogen) atoms. The fourth-order valence-corrected chi connectivity index (χ4v) is 6.80. The van der Waals surface area contributed by atoms with Crippen LogP contribution in [0.1, 0.15) is 68.2 Å². The number of benzene rings is 3. The van der Waals surface area contributed by atoms with Crippen LogP contribution >= 0.6 is 0 Å². The smallest absolute Gasteiger partial charge is 0.322 e. The minimum atomic E-state index is -4.63. The predicted octanol–water partition coefficient (Wildman–Crippen LogP) is 5.55. The second kappa shape index (κ2) is 15.0. The highest BCUT2D eigenvalue weighted by Gasteiger charge is 2.35. The lowest BCUT2D eigenvalue weighted by molar-refractivity contribution is -0.138. The number of carbonyl (C=O) groups is 3. The molecule has 2 aliphatic rings. The average Bonchev–Trinajstić information content (AvgIpc) is 3.56. The number of aryl methyl sites for hydroxylation is 1. The first-order valence-corrected chi connectivity index (χ1v) is 17.3. The number of imide groups is 1. The Labute approximate surface area is 304 Å². The van der Waals surface area contributed by atoms with E-state index in [1.165, 1.54) is 12.1 Å². The van der Waals surface area contributed by atoms with Crippen molar-refractivity contribution in [1.29, 1.82) is 0 Å². The zero-order valence-corrected chi connectivity index (χ0v) is 28.9. The van der Waals surface area contributed by atoms with Gasteiger partial charge in [-0.25, -0.2) is 9.50 Å². The lowest BCUT2D eigenvalue weighted by Gasteiger charge is -2.36. The van der Waals surface area contributed by atoms with Gasteiger partial charge in [0.25, 0.3) is 5.91 Å². The molecular weight excluding hydrogens is 683 g/mol. The fraction of sp³-hybridized carbons (Fsp3) is 0.275. The number of imidazole rings is 1. The highest BCUT2D eigenvalue weighted by atomic mass is 19.4. The van der Waals surface area contributed by atoms with Gasteiger partial charge in [0, 0.05) is 68.7 Å². The summed E-state index contributed by atoms with van der Waals surface area (Å²) in [7, 11) is 0. The summed E-state index contributed by atoms with van der Waals surface area (Å²) in [6.07, 6.45) is -0.630. The molecule has 13 heteroatoms. The molecule has 5 aromatic rings. The van der Waals surface area contributed by atoms with Crippen molar-refractivity contribution < 1.29 is 27.6 Å². The van der Waals surface area contributed by atoms with E-state index in [1.807, 2.05) is 42.2 Å². The molecule has 0 saturated carbocycles. The van der Waals surface area contributed by atoms with Gasteiger partial charge in [0.2, 0.25) is 11.8 Å².